The highest BCUT2D eigenvalue weighted by Crippen LogP contribution is 2.46. The second-order valence-corrected chi connectivity index (χ2v) is 21.3. The highest BCUT2D eigenvalue weighted by molar-refractivity contribution is 7.85. The molecule has 0 bridgehead atoms. The molecule has 1 aliphatic rings. The summed E-state index contributed by atoms with van der Waals surface area (Å²) in [7, 11) is -3.10. The van der Waals surface area contributed by atoms with E-state index >= 15 is 4.57 Å². The lowest BCUT2D eigenvalue weighted by molar-refractivity contribution is -0.308. The smallest absolute Gasteiger partial charge is 0.171 e. The lowest BCUT2D eigenvalue weighted by atomic mass is 9.80. The van der Waals surface area contributed by atoms with Crippen LogP contribution in [0.25, 0.3) is 0 Å². The molecule has 1 saturated heterocycles. The summed E-state index contributed by atoms with van der Waals surface area (Å²) < 4.78 is 15.4. The van der Waals surface area contributed by atoms with Crippen LogP contribution >= 0.6 is 19.5 Å². The van der Waals surface area contributed by atoms with E-state index in [0.717, 1.165) is 54.6 Å². The highest BCUT2D eigenvalue weighted by atomic mass is 35.5. The largest absolute Gasteiger partial charge is 0.309 e. The van der Waals surface area contributed by atoms with Gasteiger partial charge in [0.05, 0.1) is 0 Å². The Morgan fingerprint density at radius 2 is 1.03 bits per heavy atom. The fourth-order valence-corrected chi connectivity index (χ4v) is 12.2. The molecule has 6 rings (SSSR count). The van der Waals surface area contributed by atoms with Gasteiger partial charge in [0.15, 0.2) is 7.14 Å². The van der Waals surface area contributed by atoms with E-state index in [4.69, 9.17) is 4.84 Å². The molecule has 5 aromatic rings. The molecule has 0 spiro atoms. The third-order valence-electron chi connectivity index (χ3n) is 12.8. The van der Waals surface area contributed by atoms with Gasteiger partial charge in [0.2, 0.25) is 0 Å². The van der Waals surface area contributed by atoms with Gasteiger partial charge in [0, 0.05) is 45.6 Å². The minimum Gasteiger partial charge on any atom is -0.309 e. The first kappa shape index (κ1) is 46.6. The average Bonchev–Trinajstić information content (AvgIpc) is 3.22. The molecule has 0 amide bonds. The van der Waals surface area contributed by atoms with Crippen LogP contribution in [0.15, 0.2) is 140 Å². The van der Waals surface area contributed by atoms with Crippen LogP contribution in [0.4, 0.5) is 0 Å². The van der Waals surface area contributed by atoms with E-state index in [0.29, 0.717) is 18.0 Å². The molecule has 3 atom stereocenters. The Balaban J connectivity index is 0.00000661. The van der Waals surface area contributed by atoms with Gasteiger partial charge >= 0.3 is 0 Å². The lowest BCUT2D eigenvalue weighted by Crippen LogP contribution is -2.58. The van der Waals surface area contributed by atoms with Gasteiger partial charge in [-0.05, 0) is 128 Å². The molecule has 1 aliphatic heterocycles. The third kappa shape index (κ3) is 11.1. The molecule has 1 heterocycles. The molecule has 0 aromatic heterocycles. The molecule has 0 saturated carbocycles. The molecule has 0 aliphatic carbocycles. The number of hydrogen-bond donors (Lipinski definition) is 0. The lowest BCUT2D eigenvalue weighted by Gasteiger charge is -2.52. The first-order chi connectivity index (χ1) is 27.7. The summed E-state index contributed by atoms with van der Waals surface area (Å²) in [5, 5.41) is 4.93. The van der Waals surface area contributed by atoms with Gasteiger partial charge in [-0.2, -0.15) is 5.06 Å². The molecule has 5 aromatic carbocycles. The number of halogens is 1. The molecule has 316 valence electrons. The van der Waals surface area contributed by atoms with Gasteiger partial charge < -0.3 is 4.57 Å². The second kappa shape index (κ2) is 20.4. The first-order valence-corrected chi connectivity index (χ1v) is 23.6. The molecule has 6 heteroatoms. The van der Waals surface area contributed by atoms with Crippen LogP contribution in [0.1, 0.15) is 141 Å². The van der Waals surface area contributed by atoms with Crippen molar-refractivity contribution in [2.45, 2.75) is 148 Å². The molecule has 4 nitrogen and oxygen atoms in total. The van der Waals surface area contributed by atoms with E-state index < -0.39 is 7.14 Å². The Labute approximate surface area is 363 Å². The van der Waals surface area contributed by atoms with E-state index in [9.17, 15) is 0 Å². The monoisotopic (exact) mass is 832 g/mol. The standard InChI is InChI=1S/C53H69N2O2P.ClH/c1-10-43(44-21-14-11-15-22-44)37-47(45-31-33-50(34-32-45)58(56,48-23-16-12-17-24-48)49-25-18-13-19-26-49)38-51(57-55-52(6,7)35-20-36-53(55,8)9)46-29-27-42(28-30-46)39-54(40(2)3)41(4)5;/h11-19,21-34,40-41,43,47,51H,10,20,35-39H2,1-9H3;1H. The average molecular weight is 834 g/mol. The Morgan fingerprint density at radius 1 is 0.593 bits per heavy atom. The van der Waals surface area contributed by atoms with Crippen molar-refractivity contribution >= 4 is 35.5 Å². The van der Waals surface area contributed by atoms with Crippen molar-refractivity contribution in [1.82, 2.24) is 9.96 Å². The summed E-state index contributed by atoms with van der Waals surface area (Å²) >= 11 is 0. The van der Waals surface area contributed by atoms with Gasteiger partial charge in [-0.25, -0.2) is 0 Å². The van der Waals surface area contributed by atoms with E-state index in [1.165, 1.54) is 28.7 Å². The SMILES string of the molecule is CCC(CC(CC(ON1C(C)(C)CCCC1(C)C)c1ccc(CN(C(C)C)C(C)C)cc1)c1ccc(P(=O)(c2ccccc2)c2ccccc2)cc1)c1ccccc1.Cl. The van der Waals surface area contributed by atoms with Gasteiger partial charge in [-0.3, -0.25) is 9.74 Å². The third-order valence-corrected chi connectivity index (χ3v) is 15.8. The van der Waals surface area contributed by atoms with E-state index in [1.54, 1.807) is 0 Å². The van der Waals surface area contributed by atoms with Crippen LogP contribution in [0.3, 0.4) is 0 Å². The van der Waals surface area contributed by atoms with E-state index in [2.05, 4.69) is 151 Å². The van der Waals surface area contributed by atoms with Crippen LogP contribution in [0.5, 0.6) is 0 Å². The maximum atomic E-state index is 15.4. The normalized spacial score (nSPS) is 17.1. The topological polar surface area (TPSA) is 32.8 Å². The van der Waals surface area contributed by atoms with Crippen LogP contribution in [0, 0.1) is 0 Å². The number of hydroxylamine groups is 2. The van der Waals surface area contributed by atoms with Crippen molar-refractivity contribution in [1.29, 1.82) is 0 Å². The first-order valence-electron chi connectivity index (χ1n) is 21.9. The number of hydrogen-bond acceptors (Lipinski definition) is 4. The predicted octanol–water partition coefficient (Wildman–Crippen LogP) is 13.1. The summed E-state index contributed by atoms with van der Waals surface area (Å²) in [5.41, 5.74) is 4.98. The van der Waals surface area contributed by atoms with E-state index in [1.807, 2.05) is 60.7 Å². The van der Waals surface area contributed by atoms with Crippen LogP contribution in [-0.2, 0) is 15.9 Å². The van der Waals surface area contributed by atoms with Crippen molar-refractivity contribution < 1.29 is 9.40 Å². The minimum atomic E-state index is -3.10. The van der Waals surface area contributed by atoms with Crippen LogP contribution in [0.2, 0.25) is 0 Å². The summed E-state index contributed by atoms with van der Waals surface area (Å²) in [6.07, 6.45) is 6.09. The number of rotatable bonds is 17. The van der Waals surface area contributed by atoms with Crippen molar-refractivity contribution in [3.8, 4) is 0 Å². The van der Waals surface area contributed by atoms with Crippen molar-refractivity contribution in [2.75, 3.05) is 0 Å². The Hall–Kier alpha value is -3.50. The summed E-state index contributed by atoms with van der Waals surface area (Å²) in [5.74, 6) is 0.569. The summed E-state index contributed by atoms with van der Waals surface area (Å²) in [4.78, 5) is 10.00. The fourth-order valence-electron chi connectivity index (χ4n) is 9.55. The zero-order chi connectivity index (χ0) is 41.5. The number of nitrogens with zero attached hydrogens (tertiary/aromatic N) is 2. The zero-order valence-corrected chi connectivity index (χ0v) is 38.9. The van der Waals surface area contributed by atoms with Crippen LogP contribution < -0.4 is 15.9 Å². The Bertz CT molecular complexity index is 1980. The van der Waals surface area contributed by atoms with Crippen LogP contribution in [-0.4, -0.2) is 33.1 Å². The van der Waals surface area contributed by atoms with Gasteiger partial charge in [0.1, 0.15) is 6.10 Å². The predicted molar refractivity (Wildman–Crippen MR) is 254 cm³/mol. The zero-order valence-electron chi connectivity index (χ0n) is 37.2. The maximum Gasteiger partial charge on any atom is 0.171 e. The van der Waals surface area contributed by atoms with E-state index in [-0.39, 0.29) is 35.5 Å². The molecule has 0 N–H and O–H groups in total. The van der Waals surface area contributed by atoms with Crippen molar-refractivity contribution in [2.24, 2.45) is 0 Å². The molecule has 0 radical (unpaired) electrons. The molecule has 59 heavy (non-hydrogen) atoms. The van der Waals surface area contributed by atoms with Crippen molar-refractivity contribution in [3.05, 3.63) is 162 Å². The second-order valence-electron chi connectivity index (χ2n) is 18.5. The maximum absolute atomic E-state index is 15.4. The van der Waals surface area contributed by atoms with Gasteiger partial charge in [-0.1, -0.05) is 146 Å². The van der Waals surface area contributed by atoms with Crippen molar-refractivity contribution in [3.63, 3.8) is 0 Å². The number of benzene rings is 5. The minimum absolute atomic E-state index is 0. The quantitative estimate of drug-likeness (QED) is 0.0874. The molecule has 1 fully saturated rings. The molecular formula is C53H70ClN2O2P. The van der Waals surface area contributed by atoms with Gasteiger partial charge in [-0.15, -0.1) is 12.4 Å². The number of piperidine rings is 1. The molecule has 3 unspecified atom stereocenters. The Kier molecular flexibility index (Phi) is 16.1. The summed E-state index contributed by atoms with van der Waals surface area (Å²) in [6, 6.07) is 50.1. The Morgan fingerprint density at radius 3 is 1.51 bits per heavy atom. The molecular weight excluding hydrogens is 763 g/mol. The summed E-state index contributed by atoms with van der Waals surface area (Å²) in [6.45, 7) is 21.8. The highest BCUT2D eigenvalue weighted by Gasteiger charge is 2.44. The fraction of sp³-hybridized carbons (Fsp3) is 0.434. The van der Waals surface area contributed by atoms with Gasteiger partial charge in [0.25, 0.3) is 0 Å².